The molecule has 0 aliphatic heterocycles. The lowest BCUT2D eigenvalue weighted by atomic mass is 10.1. The van der Waals surface area contributed by atoms with Gasteiger partial charge in [0.25, 0.3) is 0 Å². The molecule has 4 heteroatoms. The number of esters is 1. The van der Waals surface area contributed by atoms with Crippen molar-refractivity contribution < 1.29 is 14.6 Å². The Morgan fingerprint density at radius 2 is 2.21 bits per heavy atom. The number of aliphatic hydroxyl groups is 1. The van der Waals surface area contributed by atoms with E-state index in [2.05, 4.69) is 22.8 Å². The van der Waals surface area contributed by atoms with Gasteiger partial charge in [0.1, 0.15) is 0 Å². The Morgan fingerprint density at radius 3 is 2.89 bits per heavy atom. The van der Waals surface area contributed by atoms with E-state index in [4.69, 9.17) is 9.84 Å². The van der Waals surface area contributed by atoms with Crippen LogP contribution in [-0.2, 0) is 22.5 Å². The topological polar surface area (TPSA) is 51.5 Å². The molecule has 1 heterocycles. The van der Waals surface area contributed by atoms with Crippen LogP contribution in [-0.4, -0.2) is 29.4 Å². The minimum atomic E-state index is -0.234. The molecule has 1 aromatic carbocycles. The quantitative estimate of drug-likeness (QED) is 0.838. The molecule has 0 spiro atoms. The third-order valence-electron chi connectivity index (χ3n) is 3.24. The smallest absolute Gasteiger partial charge is 0.310 e. The molecule has 2 rings (SSSR count). The highest BCUT2D eigenvalue weighted by molar-refractivity contribution is 5.88. The van der Waals surface area contributed by atoms with Crippen LogP contribution in [0.4, 0.5) is 0 Å². The first-order valence-electron chi connectivity index (χ1n) is 6.41. The van der Waals surface area contributed by atoms with Crippen molar-refractivity contribution in [2.75, 3.05) is 13.7 Å². The van der Waals surface area contributed by atoms with Crippen molar-refractivity contribution in [2.24, 2.45) is 0 Å². The molecular weight excluding hydrogens is 242 g/mol. The zero-order valence-corrected chi connectivity index (χ0v) is 11.3. The van der Waals surface area contributed by atoms with Gasteiger partial charge in [-0.05, 0) is 31.0 Å². The van der Waals surface area contributed by atoms with Crippen LogP contribution in [0.1, 0.15) is 17.5 Å². The normalized spacial score (nSPS) is 10.9. The van der Waals surface area contributed by atoms with E-state index in [0.717, 1.165) is 23.0 Å². The van der Waals surface area contributed by atoms with Crippen molar-refractivity contribution in [3.63, 3.8) is 0 Å². The van der Waals surface area contributed by atoms with Crippen molar-refractivity contribution in [1.29, 1.82) is 0 Å². The van der Waals surface area contributed by atoms with Gasteiger partial charge < -0.3 is 14.4 Å². The van der Waals surface area contributed by atoms with Crippen LogP contribution in [0.2, 0.25) is 0 Å². The molecule has 1 N–H and O–H groups in total. The molecule has 19 heavy (non-hydrogen) atoms. The number of aryl methyl sites for hydroxylation is 2. The minimum Gasteiger partial charge on any atom is -0.469 e. The lowest BCUT2D eigenvalue weighted by Crippen LogP contribution is -2.04. The second-order valence-corrected chi connectivity index (χ2v) is 4.70. The molecule has 102 valence electrons. The summed E-state index contributed by atoms with van der Waals surface area (Å²) in [6.07, 6.45) is 2.97. The van der Waals surface area contributed by atoms with Crippen LogP contribution >= 0.6 is 0 Å². The summed E-state index contributed by atoms with van der Waals surface area (Å²) in [5, 5.41) is 10.0. The lowest BCUT2D eigenvalue weighted by Gasteiger charge is -2.03. The van der Waals surface area contributed by atoms with Crippen LogP contribution in [0.15, 0.2) is 24.4 Å². The SMILES string of the molecule is COC(=O)Cc1cn(CCCO)c2ccc(C)cc12. The van der Waals surface area contributed by atoms with E-state index in [1.54, 1.807) is 0 Å². The van der Waals surface area contributed by atoms with E-state index in [0.29, 0.717) is 6.42 Å². The molecule has 0 unspecified atom stereocenters. The van der Waals surface area contributed by atoms with Gasteiger partial charge in [0.05, 0.1) is 13.5 Å². The summed E-state index contributed by atoms with van der Waals surface area (Å²) in [6, 6.07) is 6.20. The van der Waals surface area contributed by atoms with Crippen molar-refractivity contribution in [3.8, 4) is 0 Å². The number of carbonyl (C=O) groups excluding carboxylic acids is 1. The zero-order chi connectivity index (χ0) is 13.8. The van der Waals surface area contributed by atoms with Crippen LogP contribution in [0.3, 0.4) is 0 Å². The summed E-state index contributed by atoms with van der Waals surface area (Å²) in [4.78, 5) is 11.5. The van der Waals surface area contributed by atoms with Gasteiger partial charge in [-0.15, -0.1) is 0 Å². The fourth-order valence-corrected chi connectivity index (χ4v) is 2.28. The summed E-state index contributed by atoms with van der Waals surface area (Å²) < 4.78 is 6.82. The van der Waals surface area contributed by atoms with Crippen LogP contribution in [0, 0.1) is 6.92 Å². The number of methoxy groups -OCH3 is 1. The number of ether oxygens (including phenoxy) is 1. The van der Waals surface area contributed by atoms with E-state index >= 15 is 0 Å². The number of benzene rings is 1. The largest absolute Gasteiger partial charge is 0.469 e. The number of hydrogen-bond donors (Lipinski definition) is 1. The predicted octanol–water partition coefficient (Wildman–Crippen LogP) is 2.05. The molecule has 0 aliphatic rings. The van der Waals surface area contributed by atoms with Gasteiger partial charge in [-0.2, -0.15) is 0 Å². The molecule has 0 saturated heterocycles. The number of fused-ring (bicyclic) bond motifs is 1. The van der Waals surface area contributed by atoms with Crippen molar-refractivity contribution in [1.82, 2.24) is 4.57 Å². The van der Waals surface area contributed by atoms with Crippen LogP contribution < -0.4 is 0 Å². The molecule has 4 nitrogen and oxygen atoms in total. The molecule has 0 radical (unpaired) electrons. The van der Waals surface area contributed by atoms with Gasteiger partial charge in [0.15, 0.2) is 0 Å². The van der Waals surface area contributed by atoms with Gasteiger partial charge in [-0.25, -0.2) is 0 Å². The molecular formula is C15H19NO3. The first kappa shape index (κ1) is 13.6. The Labute approximate surface area is 112 Å². The Morgan fingerprint density at radius 1 is 1.42 bits per heavy atom. The number of aromatic nitrogens is 1. The molecule has 0 fully saturated rings. The molecule has 0 amide bonds. The minimum absolute atomic E-state index is 0.165. The second-order valence-electron chi connectivity index (χ2n) is 4.70. The lowest BCUT2D eigenvalue weighted by molar-refractivity contribution is -0.139. The van der Waals surface area contributed by atoms with Gasteiger partial charge in [0.2, 0.25) is 0 Å². The summed E-state index contributed by atoms with van der Waals surface area (Å²) in [7, 11) is 1.40. The van der Waals surface area contributed by atoms with Gasteiger partial charge in [0, 0.05) is 30.3 Å². The van der Waals surface area contributed by atoms with Crippen molar-refractivity contribution in [2.45, 2.75) is 26.3 Å². The maximum Gasteiger partial charge on any atom is 0.310 e. The second kappa shape index (κ2) is 5.89. The fourth-order valence-electron chi connectivity index (χ4n) is 2.28. The molecule has 1 aromatic heterocycles. The fraction of sp³-hybridized carbons (Fsp3) is 0.400. The number of aliphatic hydroxyl groups excluding tert-OH is 1. The first-order valence-corrected chi connectivity index (χ1v) is 6.41. The summed E-state index contributed by atoms with van der Waals surface area (Å²) in [5.74, 6) is -0.234. The summed E-state index contributed by atoms with van der Waals surface area (Å²) in [5.41, 5.74) is 3.24. The highest BCUT2D eigenvalue weighted by Crippen LogP contribution is 2.24. The number of nitrogens with zero attached hydrogens (tertiary/aromatic N) is 1. The monoisotopic (exact) mass is 261 g/mol. The maximum absolute atomic E-state index is 11.5. The first-order chi connectivity index (χ1) is 9.15. The molecule has 0 saturated carbocycles. The summed E-state index contributed by atoms with van der Waals surface area (Å²) >= 11 is 0. The molecule has 0 atom stereocenters. The van der Waals surface area contributed by atoms with E-state index in [9.17, 15) is 4.79 Å². The van der Waals surface area contributed by atoms with Crippen molar-refractivity contribution >= 4 is 16.9 Å². The average Bonchev–Trinajstić information content (AvgIpc) is 2.73. The maximum atomic E-state index is 11.5. The Bertz CT molecular complexity index is 586. The Kier molecular flexibility index (Phi) is 4.22. The third kappa shape index (κ3) is 2.96. The molecule has 0 aliphatic carbocycles. The van der Waals surface area contributed by atoms with Crippen molar-refractivity contribution in [3.05, 3.63) is 35.5 Å². The molecule has 2 aromatic rings. The number of carbonyl (C=O) groups is 1. The third-order valence-corrected chi connectivity index (χ3v) is 3.24. The van der Waals surface area contributed by atoms with E-state index < -0.39 is 0 Å². The van der Waals surface area contributed by atoms with E-state index in [-0.39, 0.29) is 19.0 Å². The van der Waals surface area contributed by atoms with Gasteiger partial charge in [-0.1, -0.05) is 11.6 Å². The van der Waals surface area contributed by atoms with Crippen LogP contribution in [0.25, 0.3) is 10.9 Å². The zero-order valence-electron chi connectivity index (χ0n) is 11.3. The highest BCUT2D eigenvalue weighted by atomic mass is 16.5. The standard InChI is InChI=1S/C15H19NO3/c1-11-4-5-14-13(8-11)12(9-15(18)19-2)10-16(14)6-3-7-17/h4-5,8,10,17H,3,6-7,9H2,1-2H3. The average molecular weight is 261 g/mol. The number of hydrogen-bond acceptors (Lipinski definition) is 3. The van der Waals surface area contributed by atoms with Gasteiger partial charge >= 0.3 is 5.97 Å². The Hall–Kier alpha value is -1.81. The number of rotatable bonds is 5. The van der Waals surface area contributed by atoms with E-state index in [1.807, 2.05) is 13.1 Å². The van der Waals surface area contributed by atoms with Gasteiger partial charge in [-0.3, -0.25) is 4.79 Å². The highest BCUT2D eigenvalue weighted by Gasteiger charge is 2.12. The summed E-state index contributed by atoms with van der Waals surface area (Å²) in [6.45, 7) is 2.95. The van der Waals surface area contributed by atoms with Crippen LogP contribution in [0.5, 0.6) is 0 Å². The van der Waals surface area contributed by atoms with E-state index in [1.165, 1.54) is 12.7 Å². The predicted molar refractivity (Wildman–Crippen MR) is 74.1 cm³/mol. The molecule has 0 bridgehead atoms. The Balaban J connectivity index is 2.43.